The second-order valence-corrected chi connectivity index (χ2v) is 13.0. The van der Waals surface area contributed by atoms with Crippen LogP contribution in [0.3, 0.4) is 0 Å². The number of amides is 1. The van der Waals surface area contributed by atoms with Gasteiger partial charge in [0.1, 0.15) is 22.4 Å². The fourth-order valence-corrected chi connectivity index (χ4v) is 6.91. The van der Waals surface area contributed by atoms with E-state index in [-0.39, 0.29) is 18.1 Å². The third-order valence-electron chi connectivity index (χ3n) is 7.79. The number of thioether (sulfide) groups is 1. The van der Waals surface area contributed by atoms with E-state index in [1.807, 2.05) is 49.4 Å². The highest BCUT2D eigenvalue weighted by Gasteiger charge is 2.32. The molecule has 2 aliphatic rings. The number of thiocarbonyl (C=S) groups is 1. The molecule has 47 heavy (non-hydrogen) atoms. The molecule has 0 aliphatic carbocycles. The maximum absolute atomic E-state index is 13.5. The molecule has 248 valence electrons. The number of carboxylic acid groups (broad SMARTS) is 1. The zero-order valence-electron chi connectivity index (χ0n) is 26.3. The molecule has 0 unspecified atom stereocenters. The summed E-state index contributed by atoms with van der Waals surface area (Å²) in [5.74, 6) is 0.836. The lowest BCUT2D eigenvalue weighted by atomic mass is 10.0. The van der Waals surface area contributed by atoms with Gasteiger partial charge in [-0.15, -0.1) is 0 Å². The van der Waals surface area contributed by atoms with Gasteiger partial charge in [0.15, 0.2) is 11.5 Å². The molecule has 3 aromatic rings. The van der Waals surface area contributed by atoms with E-state index in [0.717, 1.165) is 36.3 Å². The Bertz CT molecular complexity index is 1660. The number of carbonyl (C=O) groups excluding carboxylic acids is 1. The summed E-state index contributed by atoms with van der Waals surface area (Å²) in [6.07, 6.45) is 4.78. The molecule has 1 N–H and O–H groups in total. The molecule has 2 aliphatic heterocycles. The first kappa shape index (κ1) is 34.6. The molecule has 12 heteroatoms. The SMILES string of the molecule is CCOc1ccc(-c2ccc(OCCN3CCCC3)c(/C=C3\SC(=S)N(CCCOc4ccc(C(=O)O)cc4OC)C3=O)c2)cc1Cl. The summed E-state index contributed by atoms with van der Waals surface area (Å²) in [6.45, 7) is 6.64. The maximum Gasteiger partial charge on any atom is 0.335 e. The van der Waals surface area contributed by atoms with Crippen LogP contribution in [0.2, 0.25) is 5.02 Å². The lowest BCUT2D eigenvalue weighted by Gasteiger charge is -2.17. The second-order valence-electron chi connectivity index (χ2n) is 10.9. The zero-order valence-corrected chi connectivity index (χ0v) is 28.7. The average Bonchev–Trinajstić information content (AvgIpc) is 3.68. The lowest BCUT2D eigenvalue weighted by molar-refractivity contribution is -0.122. The van der Waals surface area contributed by atoms with Crippen LogP contribution in [0.5, 0.6) is 23.0 Å². The third-order valence-corrected chi connectivity index (χ3v) is 9.47. The first-order valence-corrected chi connectivity index (χ1v) is 17.1. The molecular weight excluding hydrogens is 660 g/mol. The largest absolute Gasteiger partial charge is 0.493 e. The molecule has 0 radical (unpaired) electrons. The van der Waals surface area contributed by atoms with Gasteiger partial charge in [0.2, 0.25) is 0 Å². The lowest BCUT2D eigenvalue weighted by Crippen LogP contribution is -2.30. The number of aromatic carboxylic acids is 1. The average molecular weight is 697 g/mol. The molecule has 0 atom stereocenters. The van der Waals surface area contributed by atoms with Crippen molar-refractivity contribution in [1.82, 2.24) is 9.80 Å². The summed E-state index contributed by atoms with van der Waals surface area (Å²) in [5.41, 5.74) is 2.72. The van der Waals surface area contributed by atoms with Crippen molar-refractivity contribution in [2.45, 2.75) is 26.2 Å². The predicted octanol–water partition coefficient (Wildman–Crippen LogP) is 7.26. The van der Waals surface area contributed by atoms with Crippen LogP contribution in [0, 0.1) is 0 Å². The standard InChI is InChI=1S/C35H37ClN2O7S2/c1-3-43-29-11-8-24(20-27(29)36)23-7-10-28(45-18-16-37-13-4-5-14-37)26(19-23)22-32-33(39)38(35(46)47-32)15-6-17-44-30-12-9-25(34(40)41)21-31(30)42-2/h7-12,19-22H,3-6,13-18H2,1-2H3,(H,40,41)/b32-22-. The van der Waals surface area contributed by atoms with Gasteiger partial charge in [0, 0.05) is 18.7 Å². The topological polar surface area (TPSA) is 97.8 Å². The van der Waals surface area contributed by atoms with Gasteiger partial charge >= 0.3 is 5.97 Å². The number of nitrogens with zero attached hydrogens (tertiary/aromatic N) is 2. The van der Waals surface area contributed by atoms with Gasteiger partial charge in [-0.1, -0.05) is 47.7 Å². The Hall–Kier alpha value is -3.77. The van der Waals surface area contributed by atoms with Crippen molar-refractivity contribution in [3.8, 4) is 34.1 Å². The van der Waals surface area contributed by atoms with Gasteiger partial charge in [-0.05, 0) is 98.9 Å². The number of carbonyl (C=O) groups is 2. The number of hydrogen-bond acceptors (Lipinski definition) is 9. The number of benzene rings is 3. The minimum Gasteiger partial charge on any atom is -0.493 e. The monoisotopic (exact) mass is 696 g/mol. The summed E-state index contributed by atoms with van der Waals surface area (Å²) in [5, 5.41) is 9.75. The number of hydrogen-bond donors (Lipinski definition) is 1. The van der Waals surface area contributed by atoms with Crippen LogP contribution in [-0.4, -0.2) is 84.2 Å². The van der Waals surface area contributed by atoms with Crippen molar-refractivity contribution in [3.63, 3.8) is 0 Å². The molecule has 0 saturated carbocycles. The molecule has 5 rings (SSSR count). The van der Waals surface area contributed by atoms with Crippen LogP contribution >= 0.6 is 35.6 Å². The quantitative estimate of drug-likeness (QED) is 0.0994. The van der Waals surface area contributed by atoms with Crippen LogP contribution in [0.4, 0.5) is 0 Å². The Morgan fingerprint density at radius 2 is 1.64 bits per heavy atom. The Labute approximate surface area is 289 Å². The number of rotatable bonds is 15. The number of ether oxygens (including phenoxy) is 4. The number of likely N-dealkylation sites (tertiary alicyclic amines) is 1. The van der Waals surface area contributed by atoms with E-state index in [4.69, 9.17) is 42.8 Å². The molecule has 2 heterocycles. The number of halogens is 1. The Kier molecular flexibility index (Phi) is 12.0. The van der Waals surface area contributed by atoms with E-state index in [0.29, 0.717) is 63.4 Å². The van der Waals surface area contributed by atoms with Crippen LogP contribution in [0.1, 0.15) is 42.1 Å². The number of methoxy groups -OCH3 is 1. The summed E-state index contributed by atoms with van der Waals surface area (Å²) in [6, 6.07) is 16.0. The van der Waals surface area contributed by atoms with Gasteiger partial charge in [0.05, 0.1) is 35.8 Å². The van der Waals surface area contributed by atoms with E-state index in [1.165, 1.54) is 43.8 Å². The predicted molar refractivity (Wildman–Crippen MR) is 189 cm³/mol. The molecule has 0 bridgehead atoms. The minimum absolute atomic E-state index is 0.104. The molecule has 0 aromatic heterocycles. The van der Waals surface area contributed by atoms with Crippen molar-refractivity contribution in [2.75, 3.05) is 53.1 Å². The first-order valence-electron chi connectivity index (χ1n) is 15.5. The Balaban J connectivity index is 1.30. The highest BCUT2D eigenvalue weighted by Crippen LogP contribution is 2.37. The molecule has 2 fully saturated rings. The maximum atomic E-state index is 13.5. The summed E-state index contributed by atoms with van der Waals surface area (Å²) < 4.78 is 23.4. The fourth-order valence-electron chi connectivity index (χ4n) is 5.37. The third kappa shape index (κ3) is 8.78. The molecule has 2 saturated heterocycles. The second kappa shape index (κ2) is 16.4. The molecule has 0 spiro atoms. The van der Waals surface area contributed by atoms with Crippen molar-refractivity contribution in [1.29, 1.82) is 0 Å². The van der Waals surface area contributed by atoms with Gasteiger partial charge in [-0.2, -0.15) is 0 Å². The normalized spacial score (nSPS) is 15.8. The van der Waals surface area contributed by atoms with Crippen LogP contribution in [0.15, 0.2) is 59.5 Å². The van der Waals surface area contributed by atoms with E-state index < -0.39 is 5.97 Å². The van der Waals surface area contributed by atoms with Crippen LogP contribution < -0.4 is 18.9 Å². The van der Waals surface area contributed by atoms with Crippen LogP contribution in [0.25, 0.3) is 17.2 Å². The molecule has 1 amide bonds. The van der Waals surface area contributed by atoms with Crippen molar-refractivity contribution >= 4 is 57.9 Å². The Morgan fingerprint density at radius 3 is 2.34 bits per heavy atom. The minimum atomic E-state index is -1.05. The van der Waals surface area contributed by atoms with E-state index in [2.05, 4.69) is 4.90 Å². The zero-order chi connectivity index (χ0) is 33.3. The fraction of sp³-hybridized carbons (Fsp3) is 0.343. The highest BCUT2D eigenvalue weighted by atomic mass is 35.5. The highest BCUT2D eigenvalue weighted by molar-refractivity contribution is 8.26. The van der Waals surface area contributed by atoms with Gasteiger partial charge in [-0.25, -0.2) is 4.79 Å². The van der Waals surface area contributed by atoms with Gasteiger partial charge in [-0.3, -0.25) is 14.6 Å². The van der Waals surface area contributed by atoms with E-state index in [9.17, 15) is 14.7 Å². The summed E-state index contributed by atoms with van der Waals surface area (Å²) in [7, 11) is 1.45. The van der Waals surface area contributed by atoms with Gasteiger partial charge in [0.25, 0.3) is 5.91 Å². The molecular formula is C35H37ClN2O7S2. The smallest absolute Gasteiger partial charge is 0.335 e. The summed E-state index contributed by atoms with van der Waals surface area (Å²) >= 11 is 13.3. The van der Waals surface area contributed by atoms with Gasteiger partial charge < -0.3 is 24.1 Å². The van der Waals surface area contributed by atoms with Crippen molar-refractivity contribution in [3.05, 3.63) is 75.7 Å². The Morgan fingerprint density at radius 1 is 0.936 bits per heavy atom. The van der Waals surface area contributed by atoms with Crippen LogP contribution in [-0.2, 0) is 4.79 Å². The summed E-state index contributed by atoms with van der Waals surface area (Å²) in [4.78, 5) is 29.3. The first-order chi connectivity index (χ1) is 22.8. The number of carboxylic acids is 1. The van der Waals surface area contributed by atoms with Crippen molar-refractivity contribution in [2.24, 2.45) is 0 Å². The van der Waals surface area contributed by atoms with E-state index in [1.54, 1.807) is 11.0 Å². The van der Waals surface area contributed by atoms with Crippen molar-refractivity contribution < 1.29 is 33.6 Å². The molecule has 3 aromatic carbocycles. The molecule has 9 nitrogen and oxygen atoms in total. The van der Waals surface area contributed by atoms with E-state index >= 15 is 0 Å².